The molecule has 2 rings (SSSR count). The average Bonchev–Trinajstić information content (AvgIpc) is 2.85. The van der Waals surface area contributed by atoms with Crippen molar-refractivity contribution in [2.75, 3.05) is 6.61 Å². The third kappa shape index (κ3) is 3.81. The summed E-state index contributed by atoms with van der Waals surface area (Å²) in [7, 11) is 0. The van der Waals surface area contributed by atoms with Gasteiger partial charge >= 0.3 is 0 Å². The summed E-state index contributed by atoms with van der Waals surface area (Å²) in [4.78, 5) is 12.0. The van der Waals surface area contributed by atoms with Crippen molar-refractivity contribution >= 4 is 33.3 Å². The zero-order valence-electron chi connectivity index (χ0n) is 10.1. The van der Waals surface area contributed by atoms with Gasteiger partial charge in [0.05, 0.1) is 11.1 Å². The van der Waals surface area contributed by atoms with E-state index in [1.807, 2.05) is 12.1 Å². The van der Waals surface area contributed by atoms with E-state index in [4.69, 9.17) is 16.3 Å². The third-order valence-corrected chi connectivity index (χ3v) is 4.43. The number of halogens is 2. The van der Waals surface area contributed by atoms with Crippen LogP contribution in [0.2, 0.25) is 5.02 Å². The minimum atomic E-state index is 0.155. The fourth-order valence-electron chi connectivity index (χ4n) is 2.18. The number of Topliss-reactive ketones (excluding diaryl/α,β-unsaturated/α-hetero) is 1. The van der Waals surface area contributed by atoms with Gasteiger partial charge < -0.3 is 4.74 Å². The normalized spacial score (nSPS) is 19.1. The number of ether oxygens (including phenoxy) is 1. The van der Waals surface area contributed by atoms with Gasteiger partial charge in [-0.25, -0.2) is 0 Å². The molecule has 4 heteroatoms. The lowest BCUT2D eigenvalue weighted by Crippen LogP contribution is -2.06. The van der Waals surface area contributed by atoms with Crippen LogP contribution < -0.4 is 0 Å². The van der Waals surface area contributed by atoms with Crippen molar-refractivity contribution in [3.63, 3.8) is 0 Å². The summed E-state index contributed by atoms with van der Waals surface area (Å²) in [5, 5.41) is 0.583. The summed E-state index contributed by atoms with van der Waals surface area (Å²) >= 11 is 9.29. The van der Waals surface area contributed by atoms with E-state index in [1.165, 1.54) is 0 Å². The van der Waals surface area contributed by atoms with Gasteiger partial charge in [0, 0.05) is 23.1 Å². The quantitative estimate of drug-likeness (QED) is 0.735. The number of benzene rings is 1. The van der Waals surface area contributed by atoms with E-state index in [1.54, 1.807) is 6.07 Å². The first-order valence-electron chi connectivity index (χ1n) is 6.26. The van der Waals surface area contributed by atoms with Gasteiger partial charge in [0.1, 0.15) is 0 Å². The molecule has 1 aliphatic heterocycles. The zero-order chi connectivity index (χ0) is 13.0. The standard InChI is InChI=1S/C14H16BrClO2/c15-12-7-6-10(9-13(12)16)14(17)5-1-3-11-4-2-8-18-11/h6-7,9,11H,1-5,8H2. The van der Waals surface area contributed by atoms with Gasteiger partial charge in [-0.05, 0) is 53.7 Å². The van der Waals surface area contributed by atoms with Crippen molar-refractivity contribution in [3.8, 4) is 0 Å². The Labute approximate surface area is 121 Å². The van der Waals surface area contributed by atoms with Gasteiger partial charge in [0.15, 0.2) is 5.78 Å². The highest BCUT2D eigenvalue weighted by Crippen LogP contribution is 2.24. The minimum absolute atomic E-state index is 0.155. The van der Waals surface area contributed by atoms with Crippen LogP contribution in [-0.2, 0) is 4.74 Å². The second-order valence-electron chi connectivity index (χ2n) is 4.58. The Balaban J connectivity index is 1.81. The molecule has 18 heavy (non-hydrogen) atoms. The van der Waals surface area contributed by atoms with E-state index in [9.17, 15) is 4.79 Å². The molecule has 1 fully saturated rings. The van der Waals surface area contributed by atoms with Crippen molar-refractivity contribution in [1.82, 2.24) is 0 Å². The van der Waals surface area contributed by atoms with E-state index in [-0.39, 0.29) is 5.78 Å². The van der Waals surface area contributed by atoms with Crippen LogP contribution in [0.4, 0.5) is 0 Å². The number of rotatable bonds is 5. The topological polar surface area (TPSA) is 26.3 Å². The highest BCUT2D eigenvalue weighted by atomic mass is 79.9. The lowest BCUT2D eigenvalue weighted by atomic mass is 10.0. The molecule has 1 unspecified atom stereocenters. The predicted octanol–water partition coefficient (Wildman–Crippen LogP) is 4.63. The third-order valence-electron chi connectivity index (χ3n) is 3.20. The summed E-state index contributed by atoms with van der Waals surface area (Å²) in [6.07, 6.45) is 5.09. The second-order valence-corrected chi connectivity index (χ2v) is 5.84. The number of hydrogen-bond acceptors (Lipinski definition) is 2. The molecule has 1 aliphatic rings. The van der Waals surface area contributed by atoms with E-state index in [0.717, 1.165) is 36.8 Å². The van der Waals surface area contributed by atoms with Crippen LogP contribution >= 0.6 is 27.5 Å². The SMILES string of the molecule is O=C(CCCC1CCCO1)c1ccc(Br)c(Cl)c1. The Kier molecular flexibility index (Phi) is 5.22. The predicted molar refractivity (Wildman–Crippen MR) is 76.3 cm³/mol. The fraction of sp³-hybridized carbons (Fsp3) is 0.500. The summed E-state index contributed by atoms with van der Waals surface area (Å²) < 4.78 is 6.36. The van der Waals surface area contributed by atoms with Crippen molar-refractivity contribution < 1.29 is 9.53 Å². The van der Waals surface area contributed by atoms with Crippen LogP contribution in [0.1, 0.15) is 42.5 Å². The summed E-state index contributed by atoms with van der Waals surface area (Å²) in [5.74, 6) is 0.155. The molecule has 0 amide bonds. The molecule has 98 valence electrons. The van der Waals surface area contributed by atoms with Crippen molar-refractivity contribution in [2.24, 2.45) is 0 Å². The maximum absolute atomic E-state index is 12.0. The molecule has 0 saturated carbocycles. The maximum Gasteiger partial charge on any atom is 0.162 e. The van der Waals surface area contributed by atoms with Gasteiger partial charge in [-0.3, -0.25) is 4.79 Å². The Morgan fingerprint density at radius 3 is 3.00 bits per heavy atom. The van der Waals surface area contributed by atoms with E-state index in [2.05, 4.69) is 15.9 Å². The van der Waals surface area contributed by atoms with Crippen LogP contribution in [0.25, 0.3) is 0 Å². The number of hydrogen-bond donors (Lipinski definition) is 0. The molecule has 0 bridgehead atoms. The van der Waals surface area contributed by atoms with Crippen LogP contribution in [0.15, 0.2) is 22.7 Å². The molecule has 1 saturated heterocycles. The molecule has 1 aromatic rings. The summed E-state index contributed by atoms with van der Waals surface area (Å²) in [6.45, 7) is 0.876. The van der Waals surface area contributed by atoms with Gasteiger partial charge in [-0.15, -0.1) is 0 Å². The number of ketones is 1. The zero-order valence-corrected chi connectivity index (χ0v) is 12.5. The largest absolute Gasteiger partial charge is 0.378 e. The number of carbonyl (C=O) groups is 1. The van der Waals surface area contributed by atoms with Gasteiger partial charge in [0.25, 0.3) is 0 Å². The van der Waals surface area contributed by atoms with Crippen LogP contribution in [0, 0.1) is 0 Å². The Bertz CT molecular complexity index is 428. The minimum Gasteiger partial charge on any atom is -0.378 e. The van der Waals surface area contributed by atoms with Gasteiger partial charge in [0.2, 0.25) is 0 Å². The number of carbonyl (C=O) groups excluding carboxylic acids is 1. The highest BCUT2D eigenvalue weighted by molar-refractivity contribution is 9.10. The fourth-order valence-corrected chi connectivity index (χ4v) is 2.60. The van der Waals surface area contributed by atoms with Gasteiger partial charge in [-0.2, -0.15) is 0 Å². The monoisotopic (exact) mass is 330 g/mol. The molecule has 0 aliphatic carbocycles. The van der Waals surface area contributed by atoms with Crippen molar-refractivity contribution in [1.29, 1.82) is 0 Å². The molecule has 0 aromatic heterocycles. The molecule has 1 atom stereocenters. The Morgan fingerprint density at radius 1 is 1.50 bits per heavy atom. The van der Waals surface area contributed by atoms with E-state index in [0.29, 0.717) is 23.1 Å². The molecule has 0 N–H and O–H groups in total. The molecular weight excluding hydrogens is 316 g/mol. The molecule has 1 heterocycles. The maximum atomic E-state index is 12.0. The van der Waals surface area contributed by atoms with E-state index >= 15 is 0 Å². The molecule has 0 radical (unpaired) electrons. The first kappa shape index (κ1) is 14.0. The smallest absolute Gasteiger partial charge is 0.162 e. The molecular formula is C14H16BrClO2. The lowest BCUT2D eigenvalue weighted by molar-refractivity contribution is 0.0923. The average molecular weight is 332 g/mol. The molecule has 2 nitrogen and oxygen atoms in total. The molecule has 1 aromatic carbocycles. The van der Waals surface area contributed by atoms with Crippen molar-refractivity contribution in [2.45, 2.75) is 38.2 Å². The Hall–Kier alpha value is -0.380. The van der Waals surface area contributed by atoms with Gasteiger partial charge in [-0.1, -0.05) is 17.7 Å². The highest BCUT2D eigenvalue weighted by Gasteiger charge is 2.16. The van der Waals surface area contributed by atoms with Crippen molar-refractivity contribution in [3.05, 3.63) is 33.3 Å². The summed E-state index contributed by atoms with van der Waals surface area (Å²) in [5.41, 5.74) is 0.690. The first-order valence-corrected chi connectivity index (χ1v) is 7.44. The second kappa shape index (κ2) is 6.69. The first-order chi connectivity index (χ1) is 8.66. The van der Waals surface area contributed by atoms with Crippen LogP contribution in [0.3, 0.4) is 0 Å². The van der Waals surface area contributed by atoms with Crippen LogP contribution in [0.5, 0.6) is 0 Å². The molecule has 0 spiro atoms. The summed E-state index contributed by atoms with van der Waals surface area (Å²) in [6, 6.07) is 5.35. The Morgan fingerprint density at radius 2 is 2.33 bits per heavy atom. The van der Waals surface area contributed by atoms with Crippen LogP contribution in [-0.4, -0.2) is 18.5 Å². The lowest BCUT2D eigenvalue weighted by Gasteiger charge is -2.08. The van der Waals surface area contributed by atoms with E-state index < -0.39 is 0 Å².